The topological polar surface area (TPSA) is 102 Å². The number of benzene rings is 1. The quantitative estimate of drug-likeness (QED) is 0.663. The van der Waals surface area contributed by atoms with Crippen molar-refractivity contribution in [2.24, 2.45) is 0 Å². The summed E-state index contributed by atoms with van der Waals surface area (Å²) in [6, 6.07) is 5.87. The van der Waals surface area contributed by atoms with Crippen LogP contribution in [-0.4, -0.2) is 46.6 Å². The SMILES string of the molecule is CC(C)(C)OC(=O)N1CCC(NC(=O)Cc2cccc([N+](=O)[O-])c2)C1. The molecule has 136 valence electrons. The van der Waals surface area contributed by atoms with Gasteiger partial charge in [-0.2, -0.15) is 0 Å². The Morgan fingerprint density at radius 1 is 1.40 bits per heavy atom. The standard InChI is InChI=1S/C17H23N3O5/c1-17(2,3)25-16(22)19-8-7-13(11-19)18-15(21)10-12-5-4-6-14(9-12)20(23)24/h4-6,9,13H,7-8,10-11H2,1-3H3,(H,18,21). The van der Waals surface area contributed by atoms with E-state index in [9.17, 15) is 19.7 Å². The van der Waals surface area contributed by atoms with Crippen LogP contribution in [0.2, 0.25) is 0 Å². The predicted molar refractivity (Wildman–Crippen MR) is 91.2 cm³/mol. The van der Waals surface area contributed by atoms with Gasteiger partial charge < -0.3 is 15.0 Å². The molecule has 2 amide bonds. The van der Waals surface area contributed by atoms with Crippen LogP contribution in [0, 0.1) is 10.1 Å². The van der Waals surface area contributed by atoms with E-state index >= 15 is 0 Å². The molecule has 1 heterocycles. The summed E-state index contributed by atoms with van der Waals surface area (Å²) in [7, 11) is 0. The smallest absolute Gasteiger partial charge is 0.410 e. The molecule has 8 heteroatoms. The Hall–Kier alpha value is -2.64. The van der Waals surface area contributed by atoms with E-state index in [0.717, 1.165) is 0 Å². The van der Waals surface area contributed by atoms with Gasteiger partial charge in [-0.1, -0.05) is 12.1 Å². The Labute approximate surface area is 146 Å². The highest BCUT2D eigenvalue weighted by Crippen LogP contribution is 2.16. The van der Waals surface area contributed by atoms with Crippen molar-refractivity contribution >= 4 is 17.7 Å². The lowest BCUT2D eigenvalue weighted by Gasteiger charge is -2.24. The summed E-state index contributed by atoms with van der Waals surface area (Å²) in [5.74, 6) is -0.225. The van der Waals surface area contributed by atoms with Gasteiger partial charge in [-0.15, -0.1) is 0 Å². The molecule has 8 nitrogen and oxygen atoms in total. The number of ether oxygens (including phenoxy) is 1. The largest absolute Gasteiger partial charge is 0.444 e. The molecule has 1 fully saturated rings. The molecule has 0 radical (unpaired) electrons. The molecule has 1 saturated heterocycles. The molecule has 0 aliphatic carbocycles. The summed E-state index contributed by atoms with van der Waals surface area (Å²) in [5, 5.41) is 13.6. The second kappa shape index (κ2) is 7.50. The fourth-order valence-corrected chi connectivity index (χ4v) is 2.61. The number of nitro benzene ring substituents is 1. The number of non-ortho nitro benzene ring substituents is 1. The van der Waals surface area contributed by atoms with Crippen LogP contribution < -0.4 is 5.32 Å². The van der Waals surface area contributed by atoms with E-state index in [1.807, 2.05) is 0 Å². The number of nitrogens with one attached hydrogen (secondary N) is 1. The first-order valence-corrected chi connectivity index (χ1v) is 8.14. The van der Waals surface area contributed by atoms with Gasteiger partial charge in [-0.3, -0.25) is 14.9 Å². The minimum atomic E-state index is -0.555. The van der Waals surface area contributed by atoms with Crippen molar-refractivity contribution in [2.75, 3.05) is 13.1 Å². The van der Waals surface area contributed by atoms with Gasteiger partial charge in [0.25, 0.3) is 5.69 Å². The molecule has 25 heavy (non-hydrogen) atoms. The molecule has 1 aliphatic rings. The van der Waals surface area contributed by atoms with Crippen molar-refractivity contribution in [3.8, 4) is 0 Å². The van der Waals surface area contributed by atoms with E-state index in [2.05, 4.69) is 5.32 Å². The second-order valence-corrected chi connectivity index (χ2v) is 7.08. The molecule has 1 aromatic carbocycles. The van der Waals surface area contributed by atoms with Crippen LogP contribution in [0.1, 0.15) is 32.8 Å². The van der Waals surface area contributed by atoms with E-state index in [-0.39, 0.29) is 30.2 Å². The lowest BCUT2D eigenvalue weighted by molar-refractivity contribution is -0.384. The van der Waals surface area contributed by atoms with Crippen molar-refractivity contribution in [3.63, 3.8) is 0 Å². The maximum atomic E-state index is 12.1. The fraction of sp³-hybridized carbons (Fsp3) is 0.529. The molecule has 0 saturated carbocycles. The first-order chi connectivity index (χ1) is 11.6. The van der Waals surface area contributed by atoms with Gasteiger partial charge in [-0.25, -0.2) is 4.79 Å². The highest BCUT2D eigenvalue weighted by Gasteiger charge is 2.30. The summed E-state index contributed by atoms with van der Waals surface area (Å²) < 4.78 is 5.32. The van der Waals surface area contributed by atoms with Gasteiger partial charge in [0.15, 0.2) is 0 Å². The molecule has 1 unspecified atom stereocenters. The van der Waals surface area contributed by atoms with Crippen LogP contribution in [0.3, 0.4) is 0 Å². The van der Waals surface area contributed by atoms with Crippen molar-refractivity contribution in [1.29, 1.82) is 0 Å². The summed E-state index contributed by atoms with van der Waals surface area (Å²) >= 11 is 0. The van der Waals surface area contributed by atoms with Gasteiger partial charge in [0.1, 0.15) is 5.60 Å². The van der Waals surface area contributed by atoms with Gasteiger partial charge in [0.2, 0.25) is 5.91 Å². The van der Waals surface area contributed by atoms with Gasteiger partial charge in [0, 0.05) is 31.3 Å². The molecule has 1 N–H and O–H groups in total. The monoisotopic (exact) mass is 349 g/mol. The highest BCUT2D eigenvalue weighted by molar-refractivity contribution is 5.79. The van der Waals surface area contributed by atoms with Crippen LogP contribution in [0.25, 0.3) is 0 Å². The van der Waals surface area contributed by atoms with Crippen LogP contribution >= 0.6 is 0 Å². The molecule has 0 aromatic heterocycles. The molecule has 2 rings (SSSR count). The molecule has 1 atom stereocenters. The number of likely N-dealkylation sites (tertiary alicyclic amines) is 1. The van der Waals surface area contributed by atoms with E-state index < -0.39 is 10.5 Å². The van der Waals surface area contributed by atoms with Crippen molar-refractivity contribution < 1.29 is 19.2 Å². The third-order valence-corrected chi connectivity index (χ3v) is 3.69. The number of amides is 2. The summed E-state index contributed by atoms with van der Waals surface area (Å²) in [5.41, 5.74) is -0.0172. The molecular formula is C17H23N3O5. The van der Waals surface area contributed by atoms with Gasteiger partial charge >= 0.3 is 6.09 Å². The lowest BCUT2D eigenvalue weighted by Crippen LogP contribution is -2.40. The lowest BCUT2D eigenvalue weighted by atomic mass is 10.1. The summed E-state index contributed by atoms with van der Waals surface area (Å²) in [6.45, 7) is 6.34. The average molecular weight is 349 g/mol. The number of carbonyl (C=O) groups excluding carboxylic acids is 2. The molecular weight excluding hydrogens is 326 g/mol. The Bertz CT molecular complexity index is 668. The minimum absolute atomic E-state index is 0.0396. The Kier molecular flexibility index (Phi) is 5.61. The Morgan fingerprint density at radius 2 is 2.12 bits per heavy atom. The van der Waals surface area contributed by atoms with Crippen molar-refractivity contribution in [3.05, 3.63) is 39.9 Å². The first kappa shape index (κ1) is 18.7. The predicted octanol–water partition coefficient (Wildman–Crippen LogP) is 2.26. The van der Waals surface area contributed by atoms with Crippen molar-refractivity contribution in [1.82, 2.24) is 10.2 Å². The average Bonchev–Trinajstić information content (AvgIpc) is 2.94. The highest BCUT2D eigenvalue weighted by atomic mass is 16.6. The first-order valence-electron chi connectivity index (χ1n) is 8.14. The van der Waals surface area contributed by atoms with E-state index in [1.165, 1.54) is 12.1 Å². The third kappa shape index (κ3) is 5.74. The number of rotatable bonds is 4. The zero-order chi connectivity index (χ0) is 18.6. The van der Waals surface area contributed by atoms with E-state index in [0.29, 0.717) is 25.1 Å². The summed E-state index contributed by atoms with van der Waals surface area (Å²) in [4.78, 5) is 36.0. The molecule has 0 spiro atoms. The number of carbonyl (C=O) groups is 2. The number of nitro groups is 1. The minimum Gasteiger partial charge on any atom is -0.444 e. The zero-order valence-corrected chi connectivity index (χ0v) is 14.7. The second-order valence-electron chi connectivity index (χ2n) is 7.08. The van der Waals surface area contributed by atoms with Crippen LogP contribution in [-0.2, 0) is 16.0 Å². The molecule has 0 bridgehead atoms. The molecule has 1 aliphatic heterocycles. The van der Waals surface area contributed by atoms with Gasteiger partial charge in [0.05, 0.1) is 11.3 Å². The number of nitrogens with zero attached hydrogens (tertiary/aromatic N) is 2. The zero-order valence-electron chi connectivity index (χ0n) is 14.7. The maximum absolute atomic E-state index is 12.1. The van der Waals surface area contributed by atoms with Crippen LogP contribution in [0.4, 0.5) is 10.5 Å². The van der Waals surface area contributed by atoms with Crippen molar-refractivity contribution in [2.45, 2.75) is 45.3 Å². The third-order valence-electron chi connectivity index (χ3n) is 3.69. The Balaban J connectivity index is 1.85. The van der Waals surface area contributed by atoms with Crippen LogP contribution in [0.15, 0.2) is 24.3 Å². The Morgan fingerprint density at radius 3 is 2.76 bits per heavy atom. The normalized spacial score (nSPS) is 17.2. The molecule has 1 aromatic rings. The number of hydrogen-bond acceptors (Lipinski definition) is 5. The summed E-state index contributed by atoms with van der Waals surface area (Å²) in [6.07, 6.45) is 0.327. The fourth-order valence-electron chi connectivity index (χ4n) is 2.61. The maximum Gasteiger partial charge on any atom is 0.410 e. The van der Waals surface area contributed by atoms with E-state index in [4.69, 9.17) is 4.74 Å². The van der Waals surface area contributed by atoms with Gasteiger partial charge in [-0.05, 0) is 32.8 Å². The van der Waals surface area contributed by atoms with E-state index in [1.54, 1.807) is 37.8 Å². The van der Waals surface area contributed by atoms with Crippen LogP contribution in [0.5, 0.6) is 0 Å². The number of hydrogen-bond donors (Lipinski definition) is 1.